The van der Waals surface area contributed by atoms with Crippen LogP contribution < -0.4 is 15.5 Å². The first-order valence-corrected chi connectivity index (χ1v) is 10.9. The van der Waals surface area contributed by atoms with Crippen LogP contribution in [0.1, 0.15) is 40.0 Å². The van der Waals surface area contributed by atoms with Crippen LogP contribution in [0.25, 0.3) is 0 Å². The summed E-state index contributed by atoms with van der Waals surface area (Å²) in [5.74, 6) is 0.318. The number of benzene rings is 1. The number of pyridine rings is 1. The molecule has 1 atom stereocenters. The number of aromatic nitrogens is 1. The van der Waals surface area contributed by atoms with Crippen LogP contribution in [-0.4, -0.2) is 66.9 Å². The molecule has 2 aromatic rings. The third-order valence-electron chi connectivity index (χ3n) is 5.77. The number of guanidine groups is 1. The van der Waals surface area contributed by atoms with Crippen LogP contribution >= 0.6 is 0 Å². The molecule has 32 heavy (non-hydrogen) atoms. The van der Waals surface area contributed by atoms with Gasteiger partial charge in [-0.2, -0.15) is 0 Å². The molecule has 1 saturated heterocycles. The molecule has 0 spiro atoms. The highest BCUT2D eigenvalue weighted by Crippen LogP contribution is 2.23. The van der Waals surface area contributed by atoms with Crippen molar-refractivity contribution in [2.45, 2.75) is 25.3 Å². The van der Waals surface area contributed by atoms with Crippen LogP contribution in [0.15, 0.2) is 47.6 Å². The van der Waals surface area contributed by atoms with E-state index >= 15 is 0 Å². The van der Waals surface area contributed by atoms with E-state index in [1.165, 1.54) is 11.0 Å². The summed E-state index contributed by atoms with van der Waals surface area (Å²) in [6, 6.07) is 10.1. The fraction of sp³-hybridized carbons (Fsp3) is 0.391. The van der Waals surface area contributed by atoms with E-state index in [2.05, 4.69) is 20.6 Å². The molecule has 1 aromatic carbocycles. The Bertz CT molecular complexity index is 992. The number of halogens is 1. The Morgan fingerprint density at radius 1 is 1.16 bits per heavy atom. The fourth-order valence-electron chi connectivity index (χ4n) is 4.11. The van der Waals surface area contributed by atoms with Crippen molar-refractivity contribution in [3.8, 4) is 0 Å². The highest BCUT2D eigenvalue weighted by atomic mass is 19.1. The second-order valence-electron chi connectivity index (χ2n) is 7.90. The minimum Gasteiger partial charge on any atom is -0.356 e. The van der Waals surface area contributed by atoms with Gasteiger partial charge in [-0.1, -0.05) is 12.1 Å². The van der Waals surface area contributed by atoms with Crippen molar-refractivity contribution < 1.29 is 14.0 Å². The summed E-state index contributed by atoms with van der Waals surface area (Å²) in [6.45, 7) is 2.43. The zero-order valence-corrected chi connectivity index (χ0v) is 18.1. The lowest BCUT2D eigenvalue weighted by Crippen LogP contribution is -2.45. The summed E-state index contributed by atoms with van der Waals surface area (Å²) < 4.78 is 14.0. The molecule has 3 heterocycles. The summed E-state index contributed by atoms with van der Waals surface area (Å²) in [5.41, 5.74) is 0.966. The van der Waals surface area contributed by atoms with E-state index in [9.17, 15) is 14.0 Å². The topological polar surface area (TPSA) is 89.9 Å². The number of nitrogens with one attached hydrogen (secondary N) is 2. The lowest BCUT2D eigenvalue weighted by atomic mass is 10.1. The zero-order chi connectivity index (χ0) is 22.5. The number of hydrogen-bond donors (Lipinski definition) is 2. The van der Waals surface area contributed by atoms with E-state index in [-0.39, 0.29) is 23.7 Å². The van der Waals surface area contributed by atoms with Gasteiger partial charge in [0, 0.05) is 45.5 Å². The third kappa shape index (κ3) is 4.56. The first kappa shape index (κ1) is 21.7. The van der Waals surface area contributed by atoms with Gasteiger partial charge in [0.1, 0.15) is 0 Å². The molecule has 2 N–H and O–H groups in total. The predicted molar refractivity (Wildman–Crippen MR) is 120 cm³/mol. The molecule has 2 aliphatic heterocycles. The van der Waals surface area contributed by atoms with E-state index in [4.69, 9.17) is 0 Å². The molecule has 168 valence electrons. The zero-order valence-electron chi connectivity index (χ0n) is 18.1. The number of nitrogens with zero attached hydrogens (tertiary/aromatic N) is 4. The quantitative estimate of drug-likeness (QED) is 0.298. The van der Waals surface area contributed by atoms with Gasteiger partial charge >= 0.3 is 0 Å². The molecular weight excluding hydrogens is 411 g/mol. The highest BCUT2D eigenvalue weighted by molar-refractivity contribution is 6.21. The summed E-state index contributed by atoms with van der Waals surface area (Å²) in [4.78, 5) is 36.5. The van der Waals surface area contributed by atoms with Crippen LogP contribution in [0.2, 0.25) is 0 Å². The number of carbonyl (C=O) groups excluding carboxylic acids is 2. The van der Waals surface area contributed by atoms with E-state index in [0.717, 1.165) is 19.4 Å². The molecule has 0 saturated carbocycles. The number of rotatable bonds is 7. The third-order valence-corrected chi connectivity index (χ3v) is 5.77. The lowest BCUT2D eigenvalue weighted by Gasteiger charge is -2.20. The van der Waals surface area contributed by atoms with Gasteiger partial charge < -0.3 is 15.5 Å². The predicted octanol–water partition coefficient (Wildman–Crippen LogP) is 2.04. The minimum atomic E-state index is -0.311. The first-order valence-electron chi connectivity index (χ1n) is 10.9. The number of fused-ring (bicyclic) bond motifs is 1. The molecule has 1 aromatic heterocycles. The Kier molecular flexibility index (Phi) is 6.63. The van der Waals surface area contributed by atoms with E-state index in [0.29, 0.717) is 49.0 Å². The van der Waals surface area contributed by atoms with Crippen molar-refractivity contribution in [2.75, 3.05) is 38.1 Å². The largest absolute Gasteiger partial charge is 0.356 e. The molecule has 0 bridgehead atoms. The van der Waals surface area contributed by atoms with Crippen molar-refractivity contribution in [3.63, 3.8) is 0 Å². The van der Waals surface area contributed by atoms with Gasteiger partial charge in [-0.3, -0.25) is 19.5 Å². The SMILES string of the molecule is CN=C(NCCCCN1C(=O)c2ccccc2C1=O)NC1CCN(c2ncccc2F)C1. The Labute approximate surface area is 186 Å². The molecule has 2 amide bonds. The number of aliphatic imine (C=N–C) groups is 1. The Hall–Kier alpha value is -3.49. The number of imide groups is 1. The van der Waals surface area contributed by atoms with Crippen LogP contribution in [0.4, 0.5) is 10.2 Å². The first-order chi connectivity index (χ1) is 15.6. The van der Waals surface area contributed by atoms with Crippen molar-refractivity contribution >= 4 is 23.6 Å². The maximum Gasteiger partial charge on any atom is 0.261 e. The van der Waals surface area contributed by atoms with E-state index in [1.54, 1.807) is 43.6 Å². The Balaban J connectivity index is 1.18. The van der Waals surface area contributed by atoms with Crippen LogP contribution in [0, 0.1) is 5.82 Å². The Morgan fingerprint density at radius 3 is 2.59 bits per heavy atom. The van der Waals surface area contributed by atoms with E-state index in [1.807, 2.05) is 4.90 Å². The molecule has 1 fully saturated rings. The molecular formula is C23H27FN6O2. The van der Waals surface area contributed by atoms with Gasteiger partial charge in [0.05, 0.1) is 11.1 Å². The smallest absolute Gasteiger partial charge is 0.261 e. The van der Waals surface area contributed by atoms with Crippen LogP contribution in [0.5, 0.6) is 0 Å². The molecule has 1 unspecified atom stereocenters. The van der Waals surface area contributed by atoms with Crippen molar-refractivity contribution in [2.24, 2.45) is 4.99 Å². The fourth-order valence-corrected chi connectivity index (χ4v) is 4.11. The molecule has 4 rings (SSSR count). The summed E-state index contributed by atoms with van der Waals surface area (Å²) in [6.07, 6.45) is 3.94. The number of carbonyl (C=O) groups is 2. The van der Waals surface area contributed by atoms with Crippen molar-refractivity contribution in [1.29, 1.82) is 0 Å². The molecule has 0 aliphatic carbocycles. The van der Waals surface area contributed by atoms with Gasteiger partial charge in [-0.25, -0.2) is 9.37 Å². The minimum absolute atomic E-state index is 0.140. The molecule has 9 heteroatoms. The molecule has 8 nitrogen and oxygen atoms in total. The van der Waals surface area contributed by atoms with Crippen molar-refractivity contribution in [3.05, 3.63) is 59.5 Å². The lowest BCUT2D eigenvalue weighted by molar-refractivity contribution is 0.0652. The number of anilines is 1. The number of hydrogen-bond acceptors (Lipinski definition) is 5. The maximum atomic E-state index is 14.0. The Morgan fingerprint density at radius 2 is 1.91 bits per heavy atom. The average Bonchev–Trinajstić information content (AvgIpc) is 3.37. The van der Waals surface area contributed by atoms with Crippen LogP contribution in [0.3, 0.4) is 0 Å². The van der Waals surface area contributed by atoms with Gasteiger partial charge in [0.25, 0.3) is 11.8 Å². The van der Waals surface area contributed by atoms with Crippen molar-refractivity contribution in [1.82, 2.24) is 20.5 Å². The van der Waals surface area contributed by atoms with Gasteiger partial charge in [0.15, 0.2) is 17.6 Å². The number of amides is 2. The van der Waals surface area contributed by atoms with Crippen LogP contribution in [-0.2, 0) is 0 Å². The van der Waals surface area contributed by atoms with Gasteiger partial charge in [0.2, 0.25) is 0 Å². The standard InChI is InChI=1S/C23H27FN6O2/c1-25-23(28-16-10-14-29(15-16)20-19(24)9-6-12-26-20)27-11-4-5-13-30-21(31)17-7-2-3-8-18(17)22(30)32/h2-3,6-9,12,16H,4-5,10-11,13-15H2,1H3,(H2,25,27,28). The maximum absolute atomic E-state index is 14.0. The van der Waals surface area contributed by atoms with Gasteiger partial charge in [-0.05, 0) is 43.5 Å². The summed E-state index contributed by atoms with van der Waals surface area (Å²) >= 11 is 0. The summed E-state index contributed by atoms with van der Waals surface area (Å²) in [7, 11) is 1.71. The number of unbranched alkanes of at least 4 members (excludes halogenated alkanes) is 1. The molecule has 2 aliphatic rings. The second kappa shape index (κ2) is 9.76. The van der Waals surface area contributed by atoms with E-state index < -0.39 is 0 Å². The normalized spacial score (nSPS) is 18.3. The summed E-state index contributed by atoms with van der Waals surface area (Å²) in [5, 5.41) is 6.64. The monoisotopic (exact) mass is 438 g/mol. The highest BCUT2D eigenvalue weighted by Gasteiger charge is 2.34. The molecule has 0 radical (unpaired) electrons. The van der Waals surface area contributed by atoms with Gasteiger partial charge in [-0.15, -0.1) is 0 Å². The average molecular weight is 439 g/mol. The second-order valence-corrected chi connectivity index (χ2v) is 7.90.